The number of methoxy groups -OCH3 is 1. The van der Waals surface area contributed by atoms with Crippen LogP contribution in [0.3, 0.4) is 0 Å². The first kappa shape index (κ1) is 27.2. The molecule has 12 heteroatoms. The molecule has 0 atom stereocenters. The van der Waals surface area contributed by atoms with Crippen LogP contribution in [0.5, 0.6) is 5.75 Å². The van der Waals surface area contributed by atoms with Crippen LogP contribution >= 0.6 is 0 Å². The van der Waals surface area contributed by atoms with E-state index < -0.39 is 10.9 Å². The van der Waals surface area contributed by atoms with Gasteiger partial charge in [-0.15, -0.1) is 5.10 Å². The van der Waals surface area contributed by atoms with Gasteiger partial charge in [0.05, 0.1) is 23.8 Å². The molecule has 5 aromatic rings. The minimum absolute atomic E-state index is 0.0612. The molecule has 41 heavy (non-hydrogen) atoms. The third-order valence-corrected chi connectivity index (χ3v) is 6.82. The molecule has 0 aliphatic carbocycles. The molecule has 0 unspecified atom stereocenters. The fraction of sp³-hybridized carbons (Fsp3) is 0.207. The summed E-state index contributed by atoms with van der Waals surface area (Å²) in [6.07, 6.45) is 2.50. The van der Waals surface area contributed by atoms with Crippen molar-refractivity contribution in [2.75, 3.05) is 7.11 Å². The van der Waals surface area contributed by atoms with Crippen LogP contribution in [0, 0.1) is 10.1 Å². The number of rotatable bonds is 11. The average Bonchev–Trinajstić information content (AvgIpc) is 3.65. The highest BCUT2D eigenvalue weighted by Crippen LogP contribution is 2.33. The topological polar surface area (TPSA) is 162 Å². The van der Waals surface area contributed by atoms with Gasteiger partial charge >= 0.3 is 5.97 Å². The van der Waals surface area contributed by atoms with E-state index in [4.69, 9.17) is 4.74 Å². The molecule has 0 aliphatic heterocycles. The molecule has 2 aromatic heterocycles. The van der Waals surface area contributed by atoms with Crippen LogP contribution in [-0.2, 0) is 12.8 Å². The Morgan fingerprint density at radius 1 is 1.10 bits per heavy atom. The van der Waals surface area contributed by atoms with Crippen LogP contribution in [0.15, 0.2) is 66.7 Å². The summed E-state index contributed by atoms with van der Waals surface area (Å²) in [6.45, 7) is 2.04. The number of nitrogens with one attached hydrogen (secondary N) is 1. The van der Waals surface area contributed by atoms with Gasteiger partial charge in [0.15, 0.2) is 11.5 Å². The summed E-state index contributed by atoms with van der Waals surface area (Å²) < 4.78 is 6.32. The minimum atomic E-state index is -1.22. The van der Waals surface area contributed by atoms with Crippen LogP contribution in [0.25, 0.3) is 28.2 Å². The van der Waals surface area contributed by atoms with Crippen LogP contribution in [0.2, 0.25) is 0 Å². The zero-order valence-corrected chi connectivity index (χ0v) is 22.4. The highest BCUT2D eigenvalue weighted by Gasteiger charge is 2.28. The fourth-order valence-corrected chi connectivity index (χ4v) is 4.80. The lowest BCUT2D eigenvalue weighted by Crippen LogP contribution is -2.12. The van der Waals surface area contributed by atoms with E-state index in [1.54, 1.807) is 6.07 Å². The highest BCUT2D eigenvalue weighted by molar-refractivity contribution is 5.89. The first-order valence-electron chi connectivity index (χ1n) is 13.0. The highest BCUT2D eigenvalue weighted by atomic mass is 16.6. The third kappa shape index (κ3) is 5.53. The van der Waals surface area contributed by atoms with Gasteiger partial charge in [0.2, 0.25) is 0 Å². The number of aromatic nitrogens is 6. The fourth-order valence-electron chi connectivity index (χ4n) is 4.80. The van der Waals surface area contributed by atoms with Crippen LogP contribution < -0.4 is 4.74 Å². The van der Waals surface area contributed by atoms with Crippen molar-refractivity contribution in [3.63, 3.8) is 0 Å². The molecule has 208 valence electrons. The van der Waals surface area contributed by atoms with Gasteiger partial charge in [-0.05, 0) is 52.1 Å². The molecule has 0 fully saturated rings. The van der Waals surface area contributed by atoms with Crippen LogP contribution in [0.4, 0.5) is 5.69 Å². The molecule has 0 radical (unpaired) electrons. The quantitative estimate of drug-likeness (QED) is 0.164. The predicted octanol–water partition coefficient (Wildman–Crippen LogP) is 5.27. The predicted molar refractivity (Wildman–Crippen MR) is 150 cm³/mol. The summed E-state index contributed by atoms with van der Waals surface area (Å²) in [4.78, 5) is 23.9. The molecule has 5 rings (SSSR count). The number of nitrogens with zero attached hydrogens (tertiary/aromatic N) is 6. The molecule has 3 aromatic carbocycles. The first-order chi connectivity index (χ1) is 19.9. The molecule has 0 amide bonds. The van der Waals surface area contributed by atoms with Crippen molar-refractivity contribution < 1.29 is 19.6 Å². The molecule has 0 spiro atoms. The summed E-state index contributed by atoms with van der Waals surface area (Å²) in [6, 6.07) is 19.8. The van der Waals surface area contributed by atoms with Crippen LogP contribution in [0.1, 0.15) is 47.1 Å². The number of carbonyl (C=O) groups is 1. The Hall–Kier alpha value is -5.39. The van der Waals surface area contributed by atoms with E-state index in [9.17, 15) is 20.0 Å². The second-order valence-corrected chi connectivity index (χ2v) is 9.38. The second kappa shape index (κ2) is 11.8. The van der Waals surface area contributed by atoms with Gasteiger partial charge in [-0.1, -0.05) is 61.9 Å². The number of hydrogen-bond donors (Lipinski definition) is 2. The largest absolute Gasteiger partial charge is 0.496 e. The van der Waals surface area contributed by atoms with Gasteiger partial charge in [-0.25, -0.2) is 14.6 Å². The number of aromatic amines is 1. The Bertz CT molecular complexity index is 1700. The average molecular weight is 554 g/mol. The SMILES string of the molecule is CCCCc1nn(-c2ccc(OC)cc2[N+](=O)[O-])c(C(=O)O)c1Cc1ccc(-c2ccccc2-c2nnn[nH]2)cc1. The number of H-pyrrole nitrogens is 1. The lowest BCUT2D eigenvalue weighted by atomic mass is 9.95. The van der Waals surface area contributed by atoms with Crippen LogP contribution in [-0.4, -0.2) is 53.5 Å². The normalized spacial score (nSPS) is 11.0. The first-order valence-corrected chi connectivity index (χ1v) is 13.0. The molecule has 0 saturated heterocycles. The van der Waals surface area contributed by atoms with Crippen molar-refractivity contribution in [1.82, 2.24) is 30.4 Å². The number of ether oxygens (including phenoxy) is 1. The Morgan fingerprint density at radius 2 is 1.85 bits per heavy atom. The zero-order valence-electron chi connectivity index (χ0n) is 22.4. The third-order valence-electron chi connectivity index (χ3n) is 6.82. The van der Waals surface area contributed by atoms with E-state index in [2.05, 4.69) is 25.7 Å². The van der Waals surface area contributed by atoms with Gasteiger partial charge in [-0.2, -0.15) is 5.10 Å². The molecule has 0 bridgehead atoms. The maximum atomic E-state index is 12.6. The summed E-state index contributed by atoms with van der Waals surface area (Å²) in [7, 11) is 1.41. The molecule has 0 saturated carbocycles. The van der Waals surface area contributed by atoms with E-state index in [0.29, 0.717) is 29.9 Å². The van der Waals surface area contributed by atoms with Crippen molar-refractivity contribution in [2.45, 2.75) is 32.6 Å². The number of carboxylic acids is 1. The van der Waals surface area contributed by atoms with Crippen molar-refractivity contribution >= 4 is 11.7 Å². The summed E-state index contributed by atoms with van der Waals surface area (Å²) in [5, 5.41) is 41.0. The Balaban J connectivity index is 1.56. The molecule has 2 N–H and O–H groups in total. The van der Waals surface area contributed by atoms with Crippen molar-refractivity contribution in [2.24, 2.45) is 0 Å². The molecule has 12 nitrogen and oxygen atoms in total. The molecular weight excluding hydrogens is 526 g/mol. The summed E-state index contributed by atoms with van der Waals surface area (Å²) >= 11 is 0. The van der Waals surface area contributed by atoms with E-state index in [0.717, 1.165) is 35.1 Å². The number of aryl methyl sites for hydroxylation is 1. The number of benzene rings is 3. The number of tetrazole rings is 1. The van der Waals surface area contributed by atoms with E-state index >= 15 is 0 Å². The minimum Gasteiger partial charge on any atom is -0.496 e. The van der Waals surface area contributed by atoms with E-state index in [-0.39, 0.29) is 22.8 Å². The second-order valence-electron chi connectivity index (χ2n) is 9.38. The standard InChI is InChI=1S/C29H27N7O5/c1-3-4-9-24-23(27(29(37)38)35(32-24)25-15-14-20(41-2)17-26(25)36(39)40)16-18-10-12-19(13-11-18)21-7-5-6-8-22(21)28-30-33-34-31-28/h5-8,10-15,17H,3-4,9,16H2,1-2H3,(H,37,38)(H,30,31,33,34). The van der Waals surface area contributed by atoms with Crippen molar-refractivity contribution in [1.29, 1.82) is 0 Å². The Kier molecular flexibility index (Phi) is 7.81. The van der Waals surface area contributed by atoms with E-state index in [1.807, 2.05) is 55.5 Å². The number of unbranched alkanes of at least 4 members (excludes halogenated alkanes) is 1. The monoisotopic (exact) mass is 553 g/mol. The lowest BCUT2D eigenvalue weighted by Gasteiger charge is -2.10. The summed E-state index contributed by atoms with van der Waals surface area (Å²) in [5.41, 5.74) is 4.38. The van der Waals surface area contributed by atoms with Gasteiger partial charge < -0.3 is 9.84 Å². The number of aromatic carboxylic acids is 1. The maximum absolute atomic E-state index is 12.6. The molecule has 2 heterocycles. The zero-order chi connectivity index (χ0) is 28.9. The van der Waals surface area contributed by atoms with Gasteiger partial charge in [0.1, 0.15) is 11.4 Å². The number of nitro groups is 1. The molecule has 0 aliphatic rings. The molecular formula is C29H27N7O5. The smallest absolute Gasteiger partial charge is 0.354 e. The van der Waals surface area contributed by atoms with E-state index in [1.165, 1.54) is 23.9 Å². The van der Waals surface area contributed by atoms with Crippen molar-refractivity contribution in [3.8, 4) is 34.0 Å². The maximum Gasteiger partial charge on any atom is 0.354 e. The number of carboxylic acid groups (broad SMARTS) is 1. The lowest BCUT2D eigenvalue weighted by molar-refractivity contribution is -0.384. The van der Waals surface area contributed by atoms with Gasteiger partial charge in [-0.3, -0.25) is 10.1 Å². The Morgan fingerprint density at radius 3 is 2.49 bits per heavy atom. The van der Waals surface area contributed by atoms with Crippen molar-refractivity contribution in [3.05, 3.63) is 99.4 Å². The Labute approximate surface area is 234 Å². The number of hydrogen-bond acceptors (Lipinski definition) is 8. The van der Waals surface area contributed by atoms with Gasteiger partial charge in [0, 0.05) is 17.5 Å². The summed E-state index contributed by atoms with van der Waals surface area (Å²) in [5.74, 6) is -0.375. The van der Waals surface area contributed by atoms with Gasteiger partial charge in [0.25, 0.3) is 5.69 Å². The number of nitro benzene ring substituents is 1.